The molecule has 0 saturated carbocycles. The van der Waals surface area contributed by atoms with E-state index in [1.54, 1.807) is 0 Å². The van der Waals surface area contributed by atoms with Crippen LogP contribution in [0.15, 0.2) is 18.2 Å². The third-order valence-corrected chi connectivity index (χ3v) is 2.36. The summed E-state index contributed by atoms with van der Waals surface area (Å²) in [6, 6.07) is 2.79. The summed E-state index contributed by atoms with van der Waals surface area (Å²) >= 11 is 0. The largest absolute Gasteiger partial charge is 0.573 e. The number of aromatic hydroxyl groups is 1. The van der Waals surface area contributed by atoms with Gasteiger partial charge in [-0.15, -0.1) is 13.2 Å². The van der Waals surface area contributed by atoms with E-state index in [1.165, 1.54) is 0 Å². The van der Waals surface area contributed by atoms with E-state index in [-0.39, 0.29) is 23.0 Å². The van der Waals surface area contributed by atoms with E-state index in [4.69, 9.17) is 5.73 Å². The van der Waals surface area contributed by atoms with Crippen LogP contribution in [0.3, 0.4) is 0 Å². The van der Waals surface area contributed by atoms with Crippen molar-refractivity contribution in [2.24, 2.45) is 11.7 Å². The number of nitrogens with two attached hydrogens (primary N) is 1. The highest BCUT2D eigenvalue weighted by molar-refractivity contribution is 5.41. The third-order valence-electron chi connectivity index (χ3n) is 2.36. The number of ether oxygens (including phenoxy) is 1. The summed E-state index contributed by atoms with van der Waals surface area (Å²) in [6.45, 7) is 3.87. The Labute approximate surface area is 103 Å². The first-order valence-corrected chi connectivity index (χ1v) is 5.53. The summed E-state index contributed by atoms with van der Waals surface area (Å²) in [7, 11) is 0. The van der Waals surface area contributed by atoms with Gasteiger partial charge in [0.15, 0.2) is 0 Å². The predicted octanol–water partition coefficient (Wildman–Crippen LogP) is 3.34. The van der Waals surface area contributed by atoms with Crippen LogP contribution < -0.4 is 10.5 Å². The lowest BCUT2D eigenvalue weighted by Crippen LogP contribution is -2.18. The van der Waals surface area contributed by atoms with Gasteiger partial charge in [-0.2, -0.15) is 0 Å². The highest BCUT2D eigenvalue weighted by Crippen LogP contribution is 2.32. The van der Waals surface area contributed by atoms with Gasteiger partial charge in [0.05, 0.1) is 0 Å². The maximum Gasteiger partial charge on any atom is 0.573 e. The first kappa shape index (κ1) is 14.6. The van der Waals surface area contributed by atoms with Crippen LogP contribution in [0.5, 0.6) is 11.5 Å². The molecule has 3 nitrogen and oxygen atoms in total. The topological polar surface area (TPSA) is 55.5 Å². The van der Waals surface area contributed by atoms with Crippen molar-refractivity contribution in [3.05, 3.63) is 23.8 Å². The molecule has 1 aromatic rings. The molecule has 6 heteroatoms. The van der Waals surface area contributed by atoms with Gasteiger partial charge >= 0.3 is 6.36 Å². The van der Waals surface area contributed by atoms with Gasteiger partial charge in [0, 0.05) is 11.6 Å². The molecule has 0 radical (unpaired) electrons. The van der Waals surface area contributed by atoms with Gasteiger partial charge in [0.25, 0.3) is 0 Å². The van der Waals surface area contributed by atoms with Gasteiger partial charge in [-0.25, -0.2) is 0 Å². The number of hydrogen-bond donors (Lipinski definition) is 2. The summed E-state index contributed by atoms with van der Waals surface area (Å²) in [6.07, 6.45) is -4.20. The van der Waals surface area contributed by atoms with Gasteiger partial charge < -0.3 is 15.6 Å². The average Bonchev–Trinajstić information content (AvgIpc) is 2.17. The van der Waals surface area contributed by atoms with Gasteiger partial charge in [-0.05, 0) is 30.5 Å². The second-order valence-electron chi connectivity index (χ2n) is 4.50. The maximum absolute atomic E-state index is 12.1. The molecule has 1 rings (SSSR count). The van der Waals surface area contributed by atoms with Crippen molar-refractivity contribution >= 4 is 0 Å². The lowest BCUT2D eigenvalue weighted by atomic mass is 9.97. The fraction of sp³-hybridized carbons (Fsp3) is 0.500. The molecule has 0 amide bonds. The Morgan fingerprint density at radius 3 is 2.44 bits per heavy atom. The fourth-order valence-corrected chi connectivity index (χ4v) is 1.66. The fourth-order valence-electron chi connectivity index (χ4n) is 1.66. The van der Waals surface area contributed by atoms with Crippen LogP contribution in [0.2, 0.25) is 0 Å². The minimum Gasteiger partial charge on any atom is -0.508 e. The van der Waals surface area contributed by atoms with Gasteiger partial charge in [0.1, 0.15) is 11.5 Å². The monoisotopic (exact) mass is 263 g/mol. The zero-order chi connectivity index (χ0) is 13.9. The van der Waals surface area contributed by atoms with Crippen LogP contribution in [-0.2, 0) is 0 Å². The molecule has 0 saturated heterocycles. The summed E-state index contributed by atoms with van der Waals surface area (Å²) in [5.74, 6) is -0.237. The summed E-state index contributed by atoms with van der Waals surface area (Å²) in [5, 5.41) is 9.60. The van der Waals surface area contributed by atoms with Crippen LogP contribution in [0.1, 0.15) is 31.9 Å². The third kappa shape index (κ3) is 4.44. The second kappa shape index (κ2) is 5.48. The minimum absolute atomic E-state index is 0.127. The summed E-state index contributed by atoms with van der Waals surface area (Å²) < 4.78 is 40.0. The Morgan fingerprint density at radius 1 is 1.33 bits per heavy atom. The first-order valence-electron chi connectivity index (χ1n) is 5.53. The Bertz CT molecular complexity index is 405. The Morgan fingerprint density at radius 2 is 1.94 bits per heavy atom. The van der Waals surface area contributed by atoms with E-state index < -0.39 is 12.4 Å². The molecule has 0 fully saturated rings. The van der Waals surface area contributed by atoms with Gasteiger partial charge in [-0.1, -0.05) is 13.8 Å². The molecule has 1 aromatic carbocycles. The average molecular weight is 263 g/mol. The number of hydrogen-bond acceptors (Lipinski definition) is 3. The molecule has 0 aromatic heterocycles. The van der Waals surface area contributed by atoms with E-state index >= 15 is 0 Å². The molecule has 0 spiro atoms. The lowest BCUT2D eigenvalue weighted by Gasteiger charge is -2.17. The van der Waals surface area contributed by atoms with Gasteiger partial charge in [-0.3, -0.25) is 0 Å². The van der Waals surface area contributed by atoms with Crippen molar-refractivity contribution in [1.82, 2.24) is 0 Å². The zero-order valence-electron chi connectivity index (χ0n) is 10.2. The van der Waals surface area contributed by atoms with E-state index in [1.807, 2.05) is 13.8 Å². The second-order valence-corrected chi connectivity index (χ2v) is 4.50. The molecule has 18 heavy (non-hydrogen) atoms. The molecule has 0 unspecified atom stereocenters. The number of phenols is 1. The van der Waals surface area contributed by atoms with Crippen molar-refractivity contribution < 1.29 is 23.0 Å². The van der Waals surface area contributed by atoms with Crippen LogP contribution in [0.4, 0.5) is 13.2 Å². The molecule has 102 valence electrons. The molecule has 0 aliphatic heterocycles. The maximum atomic E-state index is 12.1. The van der Waals surface area contributed by atoms with Crippen LogP contribution in [-0.4, -0.2) is 11.5 Å². The van der Waals surface area contributed by atoms with E-state index in [2.05, 4.69) is 4.74 Å². The molecule has 1 atom stereocenters. The predicted molar refractivity (Wildman–Crippen MR) is 61.2 cm³/mol. The number of alkyl halides is 3. The normalized spacial score (nSPS) is 13.7. The zero-order valence-corrected chi connectivity index (χ0v) is 10.2. The molecule has 0 aliphatic carbocycles. The van der Waals surface area contributed by atoms with Crippen molar-refractivity contribution in [3.63, 3.8) is 0 Å². The molecule has 0 bridgehead atoms. The van der Waals surface area contributed by atoms with Gasteiger partial charge in [0.2, 0.25) is 0 Å². The summed E-state index contributed by atoms with van der Waals surface area (Å²) in [4.78, 5) is 0. The molecular weight excluding hydrogens is 247 g/mol. The van der Waals surface area contributed by atoms with E-state index in [0.717, 1.165) is 18.2 Å². The Hall–Kier alpha value is -1.43. The van der Waals surface area contributed by atoms with Crippen molar-refractivity contribution in [2.45, 2.75) is 32.7 Å². The van der Waals surface area contributed by atoms with Crippen molar-refractivity contribution in [2.75, 3.05) is 0 Å². The number of halogens is 3. The molecule has 0 heterocycles. The minimum atomic E-state index is -4.75. The smallest absolute Gasteiger partial charge is 0.508 e. The Balaban J connectivity index is 2.94. The quantitative estimate of drug-likeness (QED) is 0.876. The van der Waals surface area contributed by atoms with E-state index in [9.17, 15) is 18.3 Å². The highest BCUT2D eigenvalue weighted by atomic mass is 19.4. The molecule has 3 N–H and O–H groups in total. The molecule has 0 aliphatic rings. The van der Waals surface area contributed by atoms with Crippen molar-refractivity contribution in [3.8, 4) is 11.5 Å². The first-order chi connectivity index (χ1) is 8.19. The summed E-state index contributed by atoms with van der Waals surface area (Å²) in [5.41, 5.74) is 6.09. The lowest BCUT2D eigenvalue weighted by molar-refractivity contribution is -0.274. The number of phenolic OH excluding ortho intramolecular Hbond substituents is 1. The van der Waals surface area contributed by atoms with Crippen LogP contribution in [0, 0.1) is 5.92 Å². The SMILES string of the molecule is CC(C)C[C@@H](N)c1cc(OC(F)(F)F)ccc1O. The standard InChI is InChI=1S/C12H16F3NO2/c1-7(2)5-10(16)9-6-8(3-4-11(9)17)18-12(13,14)15/h3-4,6-7,10,17H,5,16H2,1-2H3/t10-/m1/s1. The molecular formula is C12H16F3NO2. The van der Waals surface area contributed by atoms with Crippen LogP contribution >= 0.6 is 0 Å². The van der Waals surface area contributed by atoms with Crippen molar-refractivity contribution in [1.29, 1.82) is 0 Å². The number of rotatable bonds is 4. The van der Waals surface area contributed by atoms with Crippen LogP contribution in [0.25, 0.3) is 0 Å². The Kier molecular flexibility index (Phi) is 4.45. The van der Waals surface area contributed by atoms with E-state index in [0.29, 0.717) is 6.42 Å². The number of benzene rings is 1. The highest BCUT2D eigenvalue weighted by Gasteiger charge is 2.31.